The van der Waals surface area contributed by atoms with Gasteiger partial charge in [-0.1, -0.05) is 11.6 Å². The summed E-state index contributed by atoms with van der Waals surface area (Å²) in [7, 11) is 0. The van der Waals surface area contributed by atoms with Gasteiger partial charge < -0.3 is 14.2 Å². The summed E-state index contributed by atoms with van der Waals surface area (Å²) in [5.41, 5.74) is 6.13. The molecule has 0 saturated carbocycles. The van der Waals surface area contributed by atoms with Gasteiger partial charge in [-0.2, -0.15) is 0 Å². The molecular formula is C18H23N2O+. The lowest BCUT2D eigenvalue weighted by Crippen LogP contribution is -3.18. The average molecular weight is 283 g/mol. The van der Waals surface area contributed by atoms with Crippen LogP contribution in [0.15, 0.2) is 18.2 Å². The second kappa shape index (κ2) is 4.34. The summed E-state index contributed by atoms with van der Waals surface area (Å²) in [4.78, 5) is 1.70. The number of quaternary nitrogens is 1. The maximum atomic E-state index is 5.83. The summed E-state index contributed by atoms with van der Waals surface area (Å²) in [6, 6.07) is 7.67. The Balaban J connectivity index is 1.71. The molecule has 0 bridgehead atoms. The molecule has 1 aliphatic carbocycles. The van der Waals surface area contributed by atoms with Crippen LogP contribution in [0.5, 0.6) is 0 Å². The van der Waals surface area contributed by atoms with Crippen molar-refractivity contribution in [1.29, 1.82) is 0 Å². The van der Waals surface area contributed by atoms with Gasteiger partial charge in [0.25, 0.3) is 0 Å². The Bertz CT molecular complexity index is 714. The monoisotopic (exact) mass is 283 g/mol. The van der Waals surface area contributed by atoms with Gasteiger partial charge in [-0.15, -0.1) is 0 Å². The summed E-state index contributed by atoms with van der Waals surface area (Å²) >= 11 is 0. The van der Waals surface area contributed by atoms with Crippen molar-refractivity contribution in [3.63, 3.8) is 0 Å². The van der Waals surface area contributed by atoms with Crippen molar-refractivity contribution in [3.8, 4) is 0 Å². The van der Waals surface area contributed by atoms with E-state index in [4.69, 9.17) is 4.74 Å². The maximum Gasteiger partial charge on any atom is 0.194 e. The number of nitrogens with zero attached hydrogens (tertiary/aromatic N) is 1. The van der Waals surface area contributed by atoms with Crippen molar-refractivity contribution in [2.45, 2.75) is 51.4 Å². The first-order valence-corrected chi connectivity index (χ1v) is 8.42. The summed E-state index contributed by atoms with van der Waals surface area (Å²) < 4.78 is 8.45. The molecular weight excluding hydrogens is 260 g/mol. The van der Waals surface area contributed by atoms with E-state index < -0.39 is 0 Å². The molecule has 1 aromatic heterocycles. The van der Waals surface area contributed by atoms with Gasteiger partial charge in [-0.25, -0.2) is 0 Å². The van der Waals surface area contributed by atoms with Crippen molar-refractivity contribution in [2.24, 2.45) is 0 Å². The summed E-state index contributed by atoms with van der Waals surface area (Å²) in [6.45, 7) is 5.55. The zero-order valence-electron chi connectivity index (χ0n) is 12.7. The predicted molar refractivity (Wildman–Crippen MR) is 82.5 cm³/mol. The Morgan fingerprint density at radius 3 is 3.00 bits per heavy atom. The van der Waals surface area contributed by atoms with Crippen molar-refractivity contribution in [2.75, 3.05) is 13.2 Å². The van der Waals surface area contributed by atoms with Gasteiger partial charge >= 0.3 is 0 Å². The number of hydrogen-bond donors (Lipinski definition) is 1. The van der Waals surface area contributed by atoms with Crippen LogP contribution in [0.1, 0.15) is 42.1 Å². The van der Waals surface area contributed by atoms with E-state index in [1.807, 2.05) is 0 Å². The maximum absolute atomic E-state index is 5.83. The molecule has 1 aromatic carbocycles. The number of aromatic nitrogens is 1. The topological polar surface area (TPSA) is 18.6 Å². The highest BCUT2D eigenvalue weighted by molar-refractivity contribution is 5.86. The first-order valence-electron chi connectivity index (χ1n) is 8.42. The minimum atomic E-state index is 0.467. The van der Waals surface area contributed by atoms with Crippen LogP contribution < -0.4 is 4.90 Å². The third kappa shape index (κ3) is 1.62. The molecule has 110 valence electrons. The van der Waals surface area contributed by atoms with E-state index in [9.17, 15) is 0 Å². The van der Waals surface area contributed by atoms with Crippen molar-refractivity contribution in [1.82, 2.24) is 4.57 Å². The van der Waals surface area contributed by atoms with Crippen LogP contribution in [-0.4, -0.2) is 23.9 Å². The van der Waals surface area contributed by atoms with E-state index in [1.165, 1.54) is 48.7 Å². The predicted octanol–water partition coefficient (Wildman–Crippen LogP) is 1.97. The molecule has 3 aliphatic rings. The van der Waals surface area contributed by atoms with E-state index >= 15 is 0 Å². The highest BCUT2D eigenvalue weighted by Gasteiger charge is 2.43. The Kier molecular flexibility index (Phi) is 2.53. The van der Waals surface area contributed by atoms with Crippen LogP contribution >= 0.6 is 0 Å². The van der Waals surface area contributed by atoms with E-state index in [-0.39, 0.29) is 0 Å². The molecule has 3 heteroatoms. The van der Waals surface area contributed by atoms with E-state index in [1.54, 1.807) is 16.2 Å². The van der Waals surface area contributed by atoms with Gasteiger partial charge in [0.05, 0.1) is 31.8 Å². The highest BCUT2D eigenvalue weighted by Crippen LogP contribution is 2.38. The zero-order valence-corrected chi connectivity index (χ0v) is 12.7. The minimum absolute atomic E-state index is 0.467. The quantitative estimate of drug-likeness (QED) is 0.847. The third-order valence-corrected chi connectivity index (χ3v) is 5.80. The van der Waals surface area contributed by atoms with E-state index in [2.05, 4.69) is 29.7 Å². The first-order chi connectivity index (χ1) is 10.3. The standard InChI is InChI=1S/C18H22N2O/c1-12-5-6-15-14(11-12)13-3-2-4-16-18(13)20(15)9-8-19(16)17-7-10-21-17/h5-6,11,16-17H,2-4,7-10H2,1H3/p+1. The van der Waals surface area contributed by atoms with E-state index in [0.717, 1.165) is 13.2 Å². The summed E-state index contributed by atoms with van der Waals surface area (Å²) in [5.74, 6) is 0. The van der Waals surface area contributed by atoms with E-state index in [0.29, 0.717) is 12.3 Å². The molecule has 5 rings (SSSR count). The Hall–Kier alpha value is -1.32. The molecule has 0 amide bonds. The number of hydrogen-bond acceptors (Lipinski definition) is 1. The second-order valence-corrected chi connectivity index (χ2v) is 6.95. The smallest absolute Gasteiger partial charge is 0.194 e. The molecule has 3 unspecified atom stereocenters. The largest absolute Gasteiger partial charge is 0.334 e. The number of nitrogens with one attached hydrogen (secondary N) is 1. The molecule has 2 aliphatic heterocycles. The van der Waals surface area contributed by atoms with Crippen LogP contribution in [0, 0.1) is 6.92 Å². The molecule has 1 fully saturated rings. The van der Waals surface area contributed by atoms with Crippen molar-refractivity contribution >= 4 is 10.9 Å². The Morgan fingerprint density at radius 1 is 1.29 bits per heavy atom. The zero-order chi connectivity index (χ0) is 14.0. The average Bonchev–Trinajstić information content (AvgIpc) is 2.75. The molecule has 3 nitrogen and oxygen atoms in total. The third-order valence-electron chi connectivity index (χ3n) is 5.80. The lowest BCUT2D eigenvalue weighted by molar-refractivity contribution is -0.990. The van der Waals surface area contributed by atoms with Crippen molar-refractivity contribution < 1.29 is 9.64 Å². The van der Waals surface area contributed by atoms with Gasteiger partial charge in [0.1, 0.15) is 6.04 Å². The number of fused-ring (bicyclic) bond motifs is 3. The molecule has 2 aromatic rings. The minimum Gasteiger partial charge on any atom is -0.334 e. The molecule has 0 radical (unpaired) electrons. The van der Waals surface area contributed by atoms with Crippen LogP contribution in [0.3, 0.4) is 0 Å². The summed E-state index contributed by atoms with van der Waals surface area (Å²) in [5, 5.41) is 1.52. The molecule has 3 atom stereocenters. The van der Waals surface area contributed by atoms with Crippen LogP contribution in [0.25, 0.3) is 10.9 Å². The molecule has 0 spiro atoms. The fraction of sp³-hybridized carbons (Fsp3) is 0.556. The molecule has 1 saturated heterocycles. The molecule has 21 heavy (non-hydrogen) atoms. The van der Waals surface area contributed by atoms with Gasteiger partial charge in [0.15, 0.2) is 6.23 Å². The SMILES string of the molecule is Cc1ccc2c(c1)c1c3n2CC[NH+](C2CCO2)C3CCC1. The number of aryl methyl sites for hydroxylation is 2. The highest BCUT2D eigenvalue weighted by atomic mass is 16.5. The second-order valence-electron chi connectivity index (χ2n) is 6.95. The fourth-order valence-corrected chi connectivity index (χ4v) is 4.77. The number of ether oxygens (including phenoxy) is 1. The number of benzene rings is 1. The van der Waals surface area contributed by atoms with Crippen molar-refractivity contribution in [3.05, 3.63) is 35.0 Å². The van der Waals surface area contributed by atoms with Crippen LogP contribution in [-0.2, 0) is 17.7 Å². The van der Waals surface area contributed by atoms with Crippen LogP contribution in [0.4, 0.5) is 0 Å². The van der Waals surface area contributed by atoms with Gasteiger partial charge in [0.2, 0.25) is 0 Å². The first kappa shape index (κ1) is 12.2. The Morgan fingerprint density at radius 2 is 2.19 bits per heavy atom. The number of rotatable bonds is 1. The lowest BCUT2D eigenvalue weighted by Gasteiger charge is -2.43. The van der Waals surface area contributed by atoms with Crippen LogP contribution in [0.2, 0.25) is 0 Å². The fourth-order valence-electron chi connectivity index (χ4n) is 4.77. The molecule has 1 N–H and O–H groups in total. The summed E-state index contributed by atoms with van der Waals surface area (Å²) in [6.07, 6.45) is 5.64. The van der Waals surface area contributed by atoms with Gasteiger partial charge in [-0.3, -0.25) is 0 Å². The molecule has 3 heterocycles. The van der Waals surface area contributed by atoms with Gasteiger partial charge in [0, 0.05) is 17.3 Å². The van der Waals surface area contributed by atoms with Gasteiger partial charge in [-0.05, 0) is 37.5 Å². The normalized spacial score (nSPS) is 31.0. The Labute approximate surface area is 125 Å². The lowest BCUT2D eigenvalue weighted by atomic mass is 9.89.